The summed E-state index contributed by atoms with van der Waals surface area (Å²) in [5, 5.41) is 0. The zero-order chi connectivity index (χ0) is 18.4. The van der Waals surface area contributed by atoms with Gasteiger partial charge in [0.2, 0.25) is 0 Å². The number of aryl methyl sites for hydroxylation is 1. The van der Waals surface area contributed by atoms with Crippen LogP contribution in [0.15, 0.2) is 46.0 Å². The average molecular weight is 356 g/mol. The van der Waals surface area contributed by atoms with Crippen LogP contribution in [0.4, 0.5) is 0 Å². The van der Waals surface area contributed by atoms with Crippen molar-refractivity contribution in [2.45, 2.75) is 51.6 Å². The Labute approximate surface area is 151 Å². The fraction of sp³-hybridized carbons (Fsp3) is 0.450. The summed E-state index contributed by atoms with van der Waals surface area (Å²) in [5.74, 6) is -0.277. The van der Waals surface area contributed by atoms with Gasteiger partial charge in [0.05, 0.1) is 12.1 Å². The van der Waals surface area contributed by atoms with Gasteiger partial charge in [-0.15, -0.1) is 0 Å². The minimum atomic E-state index is -0.598. The molecule has 1 fully saturated rings. The molecule has 0 bridgehead atoms. The van der Waals surface area contributed by atoms with Crippen LogP contribution in [0.25, 0.3) is 0 Å². The van der Waals surface area contributed by atoms with Crippen LogP contribution in [-0.2, 0) is 22.6 Å². The maximum absolute atomic E-state index is 12.4. The monoisotopic (exact) mass is 356 g/mol. The predicted octanol–water partition coefficient (Wildman–Crippen LogP) is 2.69. The molecular formula is C20H24N2O4. The molecule has 1 aliphatic rings. The van der Waals surface area contributed by atoms with E-state index < -0.39 is 11.2 Å². The van der Waals surface area contributed by atoms with E-state index >= 15 is 0 Å². The van der Waals surface area contributed by atoms with Crippen LogP contribution < -0.4 is 11.2 Å². The van der Waals surface area contributed by atoms with Crippen LogP contribution >= 0.6 is 0 Å². The number of esters is 1. The normalized spacial score (nSPS) is 15.7. The SMILES string of the molecule is O=C(CC1(CCc2ccccc2)CCCC1)OCc1cc(=O)[nH]c(=O)[nH]1. The Morgan fingerprint density at radius 2 is 1.81 bits per heavy atom. The van der Waals surface area contributed by atoms with E-state index in [4.69, 9.17) is 4.74 Å². The third-order valence-corrected chi connectivity index (χ3v) is 5.18. The molecule has 0 spiro atoms. The highest BCUT2D eigenvalue weighted by Gasteiger charge is 2.36. The van der Waals surface area contributed by atoms with Crippen LogP contribution in [0.5, 0.6) is 0 Å². The summed E-state index contributed by atoms with van der Waals surface area (Å²) in [6, 6.07) is 11.5. The zero-order valence-electron chi connectivity index (χ0n) is 14.8. The lowest BCUT2D eigenvalue weighted by Gasteiger charge is -2.28. The molecule has 6 nitrogen and oxygen atoms in total. The Morgan fingerprint density at radius 3 is 2.50 bits per heavy atom. The number of ether oxygens (including phenoxy) is 1. The zero-order valence-corrected chi connectivity index (χ0v) is 14.8. The van der Waals surface area contributed by atoms with Crippen molar-refractivity contribution >= 4 is 5.97 Å². The van der Waals surface area contributed by atoms with Crippen LogP contribution in [0, 0.1) is 5.41 Å². The fourth-order valence-corrected chi connectivity index (χ4v) is 3.81. The standard InChI is InChI=1S/C20H24N2O4/c23-17-12-16(21-19(25)22-17)14-26-18(24)13-20(9-4-5-10-20)11-8-15-6-2-1-3-7-15/h1-3,6-7,12H,4-5,8-11,13-14H2,(H2,21,22,23,25). The number of hydrogen-bond acceptors (Lipinski definition) is 4. The van der Waals surface area contributed by atoms with Crippen molar-refractivity contribution in [1.82, 2.24) is 9.97 Å². The summed E-state index contributed by atoms with van der Waals surface area (Å²) in [7, 11) is 0. The minimum Gasteiger partial charge on any atom is -0.459 e. The summed E-state index contributed by atoms with van der Waals surface area (Å²) < 4.78 is 5.32. The number of carbonyl (C=O) groups excluding carboxylic acids is 1. The smallest absolute Gasteiger partial charge is 0.326 e. The van der Waals surface area contributed by atoms with E-state index in [2.05, 4.69) is 22.1 Å². The minimum absolute atomic E-state index is 0.00546. The van der Waals surface area contributed by atoms with Gasteiger partial charge in [-0.2, -0.15) is 0 Å². The second-order valence-corrected chi connectivity index (χ2v) is 7.14. The Morgan fingerprint density at radius 1 is 1.08 bits per heavy atom. The van der Waals surface area contributed by atoms with Gasteiger partial charge in [0.15, 0.2) is 0 Å². The first-order chi connectivity index (χ1) is 12.5. The number of H-pyrrole nitrogens is 2. The predicted molar refractivity (Wildman–Crippen MR) is 97.8 cm³/mol. The molecule has 2 aromatic rings. The maximum atomic E-state index is 12.4. The summed E-state index contributed by atoms with van der Waals surface area (Å²) >= 11 is 0. The molecule has 0 radical (unpaired) electrons. The first-order valence-electron chi connectivity index (χ1n) is 9.07. The number of benzene rings is 1. The fourth-order valence-electron chi connectivity index (χ4n) is 3.81. The van der Waals surface area contributed by atoms with Crippen molar-refractivity contribution in [3.63, 3.8) is 0 Å². The lowest BCUT2D eigenvalue weighted by atomic mass is 9.77. The van der Waals surface area contributed by atoms with Crippen LogP contribution in [0.1, 0.15) is 49.8 Å². The molecule has 2 N–H and O–H groups in total. The van der Waals surface area contributed by atoms with Gasteiger partial charge in [-0.1, -0.05) is 43.2 Å². The first-order valence-corrected chi connectivity index (χ1v) is 9.07. The highest BCUT2D eigenvalue weighted by atomic mass is 16.5. The van der Waals surface area contributed by atoms with E-state index in [0.29, 0.717) is 12.1 Å². The number of nitrogens with one attached hydrogen (secondary N) is 2. The Kier molecular flexibility index (Phi) is 5.71. The van der Waals surface area contributed by atoms with Crippen molar-refractivity contribution in [3.05, 3.63) is 68.5 Å². The number of carbonyl (C=O) groups is 1. The van der Waals surface area contributed by atoms with Crippen molar-refractivity contribution in [2.24, 2.45) is 5.41 Å². The molecule has 1 aromatic carbocycles. The maximum Gasteiger partial charge on any atom is 0.326 e. The molecular weight excluding hydrogens is 332 g/mol. The van der Waals surface area contributed by atoms with Gasteiger partial charge in [0.25, 0.3) is 5.56 Å². The van der Waals surface area contributed by atoms with E-state index in [-0.39, 0.29) is 18.0 Å². The number of aromatic nitrogens is 2. The van der Waals surface area contributed by atoms with Crippen LogP contribution in [0.3, 0.4) is 0 Å². The Bertz CT molecular complexity index is 820. The topological polar surface area (TPSA) is 92.0 Å². The molecule has 0 unspecified atom stereocenters. The van der Waals surface area contributed by atoms with E-state index in [1.165, 1.54) is 11.6 Å². The van der Waals surface area contributed by atoms with Gasteiger partial charge in [-0.3, -0.25) is 14.6 Å². The summed E-state index contributed by atoms with van der Waals surface area (Å²) in [6.07, 6.45) is 6.66. The molecule has 0 amide bonds. The molecule has 3 rings (SSSR count). The molecule has 0 aliphatic heterocycles. The second-order valence-electron chi connectivity index (χ2n) is 7.14. The highest BCUT2D eigenvalue weighted by Crippen LogP contribution is 2.45. The first kappa shape index (κ1) is 18.2. The van der Waals surface area contributed by atoms with Crippen molar-refractivity contribution in [3.8, 4) is 0 Å². The van der Waals surface area contributed by atoms with Crippen molar-refractivity contribution in [1.29, 1.82) is 0 Å². The van der Waals surface area contributed by atoms with E-state index in [0.717, 1.165) is 38.5 Å². The van der Waals surface area contributed by atoms with Gasteiger partial charge >= 0.3 is 11.7 Å². The third kappa shape index (κ3) is 4.94. The van der Waals surface area contributed by atoms with Gasteiger partial charge in [-0.25, -0.2) is 4.79 Å². The molecule has 6 heteroatoms. The molecule has 0 saturated heterocycles. The quantitative estimate of drug-likeness (QED) is 0.746. The lowest BCUT2D eigenvalue weighted by molar-refractivity contribution is -0.148. The van der Waals surface area contributed by atoms with Gasteiger partial charge < -0.3 is 9.72 Å². The van der Waals surface area contributed by atoms with Gasteiger partial charge in [0, 0.05) is 6.07 Å². The highest BCUT2D eigenvalue weighted by molar-refractivity contribution is 5.70. The second kappa shape index (κ2) is 8.17. The largest absolute Gasteiger partial charge is 0.459 e. The van der Waals surface area contributed by atoms with Crippen LogP contribution in [0.2, 0.25) is 0 Å². The molecule has 1 saturated carbocycles. The van der Waals surface area contributed by atoms with E-state index in [1.54, 1.807) is 0 Å². The molecule has 138 valence electrons. The van der Waals surface area contributed by atoms with Crippen LogP contribution in [-0.4, -0.2) is 15.9 Å². The van der Waals surface area contributed by atoms with E-state index in [9.17, 15) is 14.4 Å². The molecule has 1 heterocycles. The number of rotatable bonds is 7. The van der Waals surface area contributed by atoms with Gasteiger partial charge in [0.1, 0.15) is 6.61 Å². The molecule has 1 aliphatic carbocycles. The number of hydrogen-bond donors (Lipinski definition) is 2. The summed E-state index contributed by atoms with van der Waals surface area (Å²) in [6.45, 7) is -0.0905. The van der Waals surface area contributed by atoms with E-state index in [1.807, 2.05) is 18.2 Å². The number of aromatic amines is 2. The molecule has 1 aromatic heterocycles. The van der Waals surface area contributed by atoms with Crippen molar-refractivity contribution in [2.75, 3.05) is 0 Å². The third-order valence-electron chi connectivity index (χ3n) is 5.18. The summed E-state index contributed by atoms with van der Waals surface area (Å²) in [4.78, 5) is 39.5. The molecule has 26 heavy (non-hydrogen) atoms. The Hall–Kier alpha value is -2.63. The summed E-state index contributed by atoms with van der Waals surface area (Å²) in [5.41, 5.74) is 0.479. The van der Waals surface area contributed by atoms with Gasteiger partial charge in [-0.05, 0) is 36.7 Å². The average Bonchev–Trinajstić information content (AvgIpc) is 3.07. The Balaban J connectivity index is 1.57. The lowest BCUT2D eigenvalue weighted by Crippen LogP contribution is -2.25. The van der Waals surface area contributed by atoms with Crippen molar-refractivity contribution < 1.29 is 9.53 Å². The molecule has 0 atom stereocenters.